The number of benzene rings is 1. The molecule has 0 spiro atoms. The van der Waals surface area contributed by atoms with E-state index in [2.05, 4.69) is 5.32 Å². The first-order chi connectivity index (χ1) is 12.4. The zero-order valence-electron chi connectivity index (χ0n) is 13.8. The molecule has 2 heterocycles. The third kappa shape index (κ3) is 4.11. The predicted molar refractivity (Wildman–Crippen MR) is 95.5 cm³/mol. The molecule has 0 saturated carbocycles. The molecule has 1 fully saturated rings. The Morgan fingerprint density at radius 2 is 2.04 bits per heavy atom. The normalized spacial score (nSPS) is 18.6. The van der Waals surface area contributed by atoms with E-state index in [9.17, 15) is 22.0 Å². The number of carbonyl (C=O) groups excluding carboxylic acids is 1. The lowest BCUT2D eigenvalue weighted by atomic mass is 10.0. The molecule has 0 radical (unpaired) electrons. The zero-order valence-corrected chi connectivity index (χ0v) is 15.5. The van der Waals surface area contributed by atoms with E-state index in [-0.39, 0.29) is 16.3 Å². The second-order valence-electron chi connectivity index (χ2n) is 6.08. The average Bonchev–Trinajstić information content (AvgIpc) is 3.14. The van der Waals surface area contributed by atoms with E-state index in [1.54, 1.807) is 17.5 Å². The van der Waals surface area contributed by atoms with E-state index in [1.807, 2.05) is 0 Å². The Labute approximate surface area is 154 Å². The molecule has 9 heteroatoms. The monoisotopic (exact) mass is 400 g/mol. The van der Waals surface area contributed by atoms with Crippen molar-refractivity contribution < 1.29 is 22.0 Å². The molecule has 1 aliphatic heterocycles. The summed E-state index contributed by atoms with van der Waals surface area (Å²) in [4.78, 5) is 12.3. The minimum absolute atomic E-state index is 0.0381. The molecule has 0 bridgehead atoms. The van der Waals surface area contributed by atoms with Crippen molar-refractivity contribution in [3.05, 3.63) is 47.3 Å². The topological polar surface area (TPSA) is 66.5 Å². The Bertz CT molecular complexity index is 885. The molecule has 3 rings (SSSR count). The largest absolute Gasteiger partial charge is 0.326 e. The molecule has 140 valence electrons. The van der Waals surface area contributed by atoms with Crippen LogP contribution in [0.25, 0.3) is 0 Å². The lowest BCUT2D eigenvalue weighted by Gasteiger charge is -2.34. The number of amides is 1. The van der Waals surface area contributed by atoms with E-state index in [4.69, 9.17) is 0 Å². The minimum atomic E-state index is -3.64. The van der Waals surface area contributed by atoms with E-state index >= 15 is 0 Å². The predicted octanol–water partition coefficient (Wildman–Crippen LogP) is 3.60. The fourth-order valence-electron chi connectivity index (χ4n) is 3.02. The second-order valence-corrected chi connectivity index (χ2v) is 9.14. The Morgan fingerprint density at radius 1 is 1.23 bits per heavy atom. The summed E-state index contributed by atoms with van der Waals surface area (Å²) in [6, 6.07) is 5.85. The van der Waals surface area contributed by atoms with Crippen LogP contribution in [0.1, 0.15) is 25.7 Å². The molecule has 1 saturated heterocycles. The molecule has 2 aromatic rings. The maximum atomic E-state index is 13.3. The highest BCUT2D eigenvalue weighted by atomic mass is 32.2. The third-order valence-electron chi connectivity index (χ3n) is 4.26. The van der Waals surface area contributed by atoms with Gasteiger partial charge in [0.2, 0.25) is 5.91 Å². The molecule has 1 amide bonds. The Kier molecular flexibility index (Phi) is 5.69. The van der Waals surface area contributed by atoms with Crippen molar-refractivity contribution in [3.63, 3.8) is 0 Å². The van der Waals surface area contributed by atoms with Gasteiger partial charge < -0.3 is 5.32 Å². The number of hydrogen-bond donors (Lipinski definition) is 1. The van der Waals surface area contributed by atoms with Crippen molar-refractivity contribution >= 4 is 33.0 Å². The Balaban J connectivity index is 1.72. The smallest absolute Gasteiger partial charge is 0.252 e. The summed E-state index contributed by atoms with van der Waals surface area (Å²) in [6.45, 7) is 0.364. The van der Waals surface area contributed by atoms with Gasteiger partial charge in [0.25, 0.3) is 10.0 Å². The number of hydrogen-bond acceptors (Lipinski definition) is 4. The van der Waals surface area contributed by atoms with Crippen LogP contribution in [-0.2, 0) is 14.8 Å². The van der Waals surface area contributed by atoms with Crippen LogP contribution in [0.2, 0.25) is 0 Å². The first kappa shape index (κ1) is 18.9. The summed E-state index contributed by atoms with van der Waals surface area (Å²) < 4.78 is 53.4. The molecule has 0 unspecified atom stereocenters. The number of rotatable bonds is 5. The number of anilines is 1. The van der Waals surface area contributed by atoms with Gasteiger partial charge in [-0.05, 0) is 36.4 Å². The van der Waals surface area contributed by atoms with Gasteiger partial charge in [-0.15, -0.1) is 11.3 Å². The van der Waals surface area contributed by atoms with Crippen LogP contribution in [-0.4, -0.2) is 31.2 Å². The van der Waals surface area contributed by atoms with Crippen molar-refractivity contribution in [2.45, 2.75) is 35.9 Å². The number of sulfonamides is 1. The van der Waals surface area contributed by atoms with Crippen LogP contribution in [0.3, 0.4) is 0 Å². The first-order valence-corrected chi connectivity index (χ1v) is 10.5. The van der Waals surface area contributed by atoms with Crippen molar-refractivity contribution in [3.8, 4) is 0 Å². The molecule has 0 aliphatic carbocycles. The summed E-state index contributed by atoms with van der Waals surface area (Å²) >= 11 is 1.14. The van der Waals surface area contributed by atoms with Gasteiger partial charge in [-0.3, -0.25) is 4.79 Å². The van der Waals surface area contributed by atoms with Crippen molar-refractivity contribution in [1.82, 2.24) is 4.31 Å². The SMILES string of the molecule is O=C(C[C@@H]1CCCCN1S(=O)(=O)c1cccs1)Nc1ccc(F)c(F)c1. The van der Waals surface area contributed by atoms with Crippen LogP contribution in [0.15, 0.2) is 39.9 Å². The Morgan fingerprint density at radius 3 is 2.73 bits per heavy atom. The molecule has 1 aromatic carbocycles. The van der Waals surface area contributed by atoms with Crippen LogP contribution in [0, 0.1) is 11.6 Å². The molecule has 1 atom stereocenters. The van der Waals surface area contributed by atoms with Gasteiger partial charge >= 0.3 is 0 Å². The number of nitrogens with one attached hydrogen (secondary N) is 1. The highest BCUT2D eigenvalue weighted by Gasteiger charge is 2.35. The fourth-order valence-corrected chi connectivity index (χ4v) is 5.83. The second kappa shape index (κ2) is 7.81. The molecule has 1 aliphatic rings. The van der Waals surface area contributed by atoms with Gasteiger partial charge in [0.15, 0.2) is 11.6 Å². The summed E-state index contributed by atoms with van der Waals surface area (Å²) in [5.74, 6) is -2.49. The van der Waals surface area contributed by atoms with Crippen molar-refractivity contribution in [1.29, 1.82) is 0 Å². The van der Waals surface area contributed by atoms with Gasteiger partial charge in [-0.2, -0.15) is 4.31 Å². The highest BCUT2D eigenvalue weighted by Crippen LogP contribution is 2.29. The van der Waals surface area contributed by atoms with Crippen LogP contribution < -0.4 is 5.32 Å². The summed E-state index contributed by atoms with van der Waals surface area (Å²) in [7, 11) is -3.64. The number of thiophene rings is 1. The number of nitrogens with zero attached hydrogens (tertiary/aromatic N) is 1. The van der Waals surface area contributed by atoms with Gasteiger partial charge in [-0.25, -0.2) is 17.2 Å². The number of carbonyl (C=O) groups is 1. The van der Waals surface area contributed by atoms with Crippen molar-refractivity contribution in [2.75, 3.05) is 11.9 Å². The van der Waals surface area contributed by atoms with Crippen LogP contribution in [0.5, 0.6) is 0 Å². The van der Waals surface area contributed by atoms with Crippen LogP contribution >= 0.6 is 11.3 Å². The maximum Gasteiger partial charge on any atom is 0.252 e. The standard InChI is InChI=1S/C17H18F2N2O3S2/c18-14-7-6-12(10-15(14)19)20-16(22)11-13-4-1-2-8-21(13)26(23,24)17-5-3-9-25-17/h3,5-7,9-10,13H,1-2,4,8,11H2,(H,20,22)/t13-/m0/s1. The van der Waals surface area contributed by atoms with E-state index < -0.39 is 33.6 Å². The summed E-state index contributed by atoms with van der Waals surface area (Å²) in [6.07, 6.45) is 2.12. The molecule has 1 aromatic heterocycles. The fraction of sp³-hybridized carbons (Fsp3) is 0.353. The molecular weight excluding hydrogens is 382 g/mol. The van der Waals surface area contributed by atoms with Gasteiger partial charge in [0, 0.05) is 30.8 Å². The summed E-state index contributed by atoms with van der Waals surface area (Å²) in [5, 5.41) is 4.20. The molecule has 5 nitrogen and oxygen atoms in total. The maximum absolute atomic E-state index is 13.3. The third-order valence-corrected chi connectivity index (χ3v) is 7.58. The van der Waals surface area contributed by atoms with E-state index in [0.717, 1.165) is 36.3 Å². The van der Waals surface area contributed by atoms with E-state index in [0.29, 0.717) is 13.0 Å². The van der Waals surface area contributed by atoms with Gasteiger partial charge in [-0.1, -0.05) is 12.5 Å². The van der Waals surface area contributed by atoms with E-state index in [1.165, 1.54) is 10.4 Å². The highest BCUT2D eigenvalue weighted by molar-refractivity contribution is 7.91. The van der Waals surface area contributed by atoms with Crippen LogP contribution in [0.4, 0.5) is 14.5 Å². The summed E-state index contributed by atoms with van der Waals surface area (Å²) in [5.41, 5.74) is 0.136. The average molecular weight is 400 g/mol. The van der Waals surface area contributed by atoms with Gasteiger partial charge in [0.05, 0.1) is 0 Å². The molecule has 26 heavy (non-hydrogen) atoms. The Hall–Kier alpha value is -1.84. The number of halogens is 2. The first-order valence-electron chi connectivity index (χ1n) is 8.18. The van der Waals surface area contributed by atoms with Crippen molar-refractivity contribution in [2.24, 2.45) is 0 Å². The molecular formula is C17H18F2N2O3S2. The number of piperidine rings is 1. The van der Waals surface area contributed by atoms with Gasteiger partial charge in [0.1, 0.15) is 4.21 Å². The quantitative estimate of drug-likeness (QED) is 0.834. The lowest BCUT2D eigenvalue weighted by molar-refractivity contribution is -0.117. The minimum Gasteiger partial charge on any atom is -0.326 e. The lowest BCUT2D eigenvalue weighted by Crippen LogP contribution is -2.45. The zero-order chi connectivity index (χ0) is 18.7. The molecule has 1 N–H and O–H groups in total.